The fourth-order valence-electron chi connectivity index (χ4n) is 3.03. The van der Waals surface area contributed by atoms with Crippen LogP contribution in [0, 0.1) is 6.92 Å². The van der Waals surface area contributed by atoms with E-state index < -0.39 is 17.6 Å². The van der Waals surface area contributed by atoms with E-state index in [1.807, 2.05) is 11.8 Å². The van der Waals surface area contributed by atoms with Gasteiger partial charge in [0.1, 0.15) is 11.3 Å². The van der Waals surface area contributed by atoms with Crippen LogP contribution in [0.15, 0.2) is 22.7 Å². The monoisotopic (exact) mass is 383 g/mol. The van der Waals surface area contributed by atoms with Crippen molar-refractivity contribution in [1.29, 1.82) is 0 Å². The van der Waals surface area contributed by atoms with Crippen molar-refractivity contribution in [2.75, 3.05) is 36.5 Å². The molecule has 27 heavy (non-hydrogen) atoms. The summed E-state index contributed by atoms with van der Waals surface area (Å²) in [7, 11) is 0. The average molecular weight is 383 g/mol. The number of anilines is 2. The third-order valence-electron chi connectivity index (χ3n) is 4.42. The third kappa shape index (κ3) is 4.08. The van der Waals surface area contributed by atoms with Gasteiger partial charge >= 0.3 is 6.18 Å². The molecule has 2 heterocycles. The second kappa shape index (κ2) is 7.59. The maximum absolute atomic E-state index is 13.2. The lowest BCUT2D eigenvalue weighted by molar-refractivity contribution is -0.137. The predicted octanol–water partition coefficient (Wildman–Crippen LogP) is 3.65. The van der Waals surface area contributed by atoms with Gasteiger partial charge in [-0.2, -0.15) is 13.2 Å². The molecule has 1 aliphatic heterocycles. The Kier molecular flexibility index (Phi) is 5.41. The van der Waals surface area contributed by atoms with Gasteiger partial charge in [0.25, 0.3) is 5.91 Å². The number of carbonyl (C=O) groups excluding carboxylic acids is 1. The first-order valence-electron chi connectivity index (χ1n) is 8.61. The van der Waals surface area contributed by atoms with Crippen molar-refractivity contribution in [3.05, 3.63) is 40.8 Å². The van der Waals surface area contributed by atoms with E-state index in [0.717, 1.165) is 12.1 Å². The molecule has 1 aromatic heterocycles. The fourth-order valence-corrected chi connectivity index (χ4v) is 3.03. The number of alkyl halides is 3. The average Bonchev–Trinajstić information content (AvgIpc) is 3.02. The summed E-state index contributed by atoms with van der Waals surface area (Å²) in [6, 6.07) is 3.35. The first-order chi connectivity index (χ1) is 12.8. The molecule has 0 aliphatic carbocycles. The molecular formula is C18H20F3N3O3. The van der Waals surface area contributed by atoms with E-state index in [-0.39, 0.29) is 11.3 Å². The highest BCUT2D eigenvalue weighted by molar-refractivity contribution is 6.07. The summed E-state index contributed by atoms with van der Waals surface area (Å²) >= 11 is 0. The normalized spacial score (nSPS) is 15.1. The molecular weight excluding hydrogens is 363 g/mol. The minimum Gasteiger partial charge on any atom is -0.378 e. The lowest BCUT2D eigenvalue weighted by Gasteiger charge is -2.31. The van der Waals surface area contributed by atoms with Gasteiger partial charge in [0, 0.05) is 13.1 Å². The van der Waals surface area contributed by atoms with Crippen LogP contribution in [0.2, 0.25) is 0 Å². The highest BCUT2D eigenvalue weighted by atomic mass is 19.4. The second-order valence-electron chi connectivity index (χ2n) is 6.20. The van der Waals surface area contributed by atoms with Crippen LogP contribution < -0.4 is 10.2 Å². The number of morpholine rings is 1. The zero-order chi connectivity index (χ0) is 19.6. The molecule has 1 fully saturated rings. The topological polar surface area (TPSA) is 67.6 Å². The van der Waals surface area contributed by atoms with Crippen LogP contribution in [0.25, 0.3) is 0 Å². The SMILES string of the molecule is CCc1noc(C)c1C(=O)Nc1cc(C(F)(F)F)ccc1N1CCOCC1. The smallest absolute Gasteiger partial charge is 0.378 e. The first-order valence-corrected chi connectivity index (χ1v) is 8.61. The minimum atomic E-state index is -4.51. The number of rotatable bonds is 4. The number of amides is 1. The fraction of sp³-hybridized carbons (Fsp3) is 0.444. The molecule has 0 unspecified atom stereocenters. The van der Waals surface area contributed by atoms with Gasteiger partial charge in [0.15, 0.2) is 0 Å². The van der Waals surface area contributed by atoms with Crippen molar-refractivity contribution >= 4 is 17.3 Å². The molecule has 0 bridgehead atoms. The van der Waals surface area contributed by atoms with Crippen molar-refractivity contribution in [3.8, 4) is 0 Å². The largest absolute Gasteiger partial charge is 0.416 e. The van der Waals surface area contributed by atoms with E-state index in [9.17, 15) is 18.0 Å². The summed E-state index contributed by atoms with van der Waals surface area (Å²) in [4.78, 5) is 14.6. The Balaban J connectivity index is 1.98. The maximum atomic E-state index is 13.2. The van der Waals surface area contributed by atoms with Crippen molar-refractivity contribution < 1.29 is 27.2 Å². The molecule has 3 rings (SSSR count). The summed E-state index contributed by atoms with van der Waals surface area (Å²) in [5, 5.41) is 6.44. The quantitative estimate of drug-likeness (QED) is 0.873. The number of hydrogen-bond acceptors (Lipinski definition) is 5. The number of hydrogen-bond donors (Lipinski definition) is 1. The number of nitrogens with one attached hydrogen (secondary N) is 1. The van der Waals surface area contributed by atoms with E-state index >= 15 is 0 Å². The lowest BCUT2D eigenvalue weighted by Crippen LogP contribution is -2.37. The predicted molar refractivity (Wildman–Crippen MR) is 93.0 cm³/mol. The molecule has 1 aliphatic rings. The Morgan fingerprint density at radius 2 is 2.00 bits per heavy atom. The van der Waals surface area contributed by atoms with Gasteiger partial charge in [-0.3, -0.25) is 4.79 Å². The number of halogens is 3. The standard InChI is InChI=1S/C18H20F3N3O3/c1-3-13-16(11(2)27-23-13)17(25)22-14-10-12(18(19,20)21)4-5-15(14)24-6-8-26-9-7-24/h4-5,10H,3,6-9H2,1-2H3,(H,22,25). The molecule has 1 amide bonds. The summed E-state index contributed by atoms with van der Waals surface area (Å²) < 4.78 is 49.8. The number of ether oxygens (including phenoxy) is 1. The molecule has 2 aromatic rings. The molecule has 0 radical (unpaired) electrons. The zero-order valence-corrected chi connectivity index (χ0v) is 15.0. The van der Waals surface area contributed by atoms with Gasteiger partial charge in [0.05, 0.1) is 35.8 Å². The van der Waals surface area contributed by atoms with Crippen LogP contribution in [0.1, 0.15) is 34.3 Å². The van der Waals surface area contributed by atoms with Gasteiger partial charge in [-0.1, -0.05) is 12.1 Å². The molecule has 1 saturated heterocycles. The van der Waals surface area contributed by atoms with Crippen LogP contribution >= 0.6 is 0 Å². The number of aromatic nitrogens is 1. The number of carbonyl (C=O) groups is 1. The Bertz CT molecular complexity index is 827. The highest BCUT2D eigenvalue weighted by Crippen LogP contribution is 2.36. The Morgan fingerprint density at radius 3 is 2.63 bits per heavy atom. The molecule has 1 N–H and O–H groups in total. The lowest BCUT2D eigenvalue weighted by atomic mass is 10.1. The molecule has 0 spiro atoms. The van der Waals surface area contributed by atoms with Crippen LogP contribution in [-0.4, -0.2) is 37.4 Å². The molecule has 0 atom stereocenters. The van der Waals surface area contributed by atoms with Crippen molar-refractivity contribution in [2.24, 2.45) is 0 Å². The van der Waals surface area contributed by atoms with E-state index in [1.54, 1.807) is 6.92 Å². The van der Waals surface area contributed by atoms with Crippen molar-refractivity contribution in [1.82, 2.24) is 5.16 Å². The van der Waals surface area contributed by atoms with Crippen molar-refractivity contribution in [2.45, 2.75) is 26.4 Å². The molecule has 9 heteroatoms. The zero-order valence-electron chi connectivity index (χ0n) is 15.0. The number of aryl methyl sites for hydroxylation is 2. The van der Waals surface area contributed by atoms with Crippen LogP contribution in [0.5, 0.6) is 0 Å². The Hall–Kier alpha value is -2.55. The molecule has 0 saturated carbocycles. The van der Waals surface area contributed by atoms with Gasteiger partial charge in [0.2, 0.25) is 0 Å². The van der Waals surface area contributed by atoms with Crippen LogP contribution in [0.4, 0.5) is 24.5 Å². The maximum Gasteiger partial charge on any atom is 0.416 e. The highest BCUT2D eigenvalue weighted by Gasteiger charge is 2.32. The summed E-state index contributed by atoms with van der Waals surface area (Å²) in [6.07, 6.45) is -4.04. The Labute approximate surface area is 154 Å². The number of benzene rings is 1. The van der Waals surface area contributed by atoms with E-state index in [0.29, 0.717) is 49.9 Å². The van der Waals surface area contributed by atoms with Gasteiger partial charge in [-0.15, -0.1) is 0 Å². The van der Waals surface area contributed by atoms with Crippen LogP contribution in [-0.2, 0) is 17.3 Å². The number of nitrogens with zero attached hydrogens (tertiary/aromatic N) is 2. The molecule has 146 valence electrons. The third-order valence-corrected chi connectivity index (χ3v) is 4.42. The summed E-state index contributed by atoms with van der Waals surface area (Å²) in [5.41, 5.74) is 0.506. The van der Waals surface area contributed by atoms with E-state index in [2.05, 4.69) is 10.5 Å². The van der Waals surface area contributed by atoms with E-state index in [4.69, 9.17) is 9.26 Å². The first kappa shape index (κ1) is 19.2. The summed E-state index contributed by atoms with van der Waals surface area (Å²) in [5.74, 6) is -0.219. The van der Waals surface area contributed by atoms with Gasteiger partial charge in [-0.25, -0.2) is 0 Å². The van der Waals surface area contributed by atoms with E-state index in [1.165, 1.54) is 6.07 Å². The van der Waals surface area contributed by atoms with Crippen LogP contribution in [0.3, 0.4) is 0 Å². The second-order valence-corrected chi connectivity index (χ2v) is 6.20. The van der Waals surface area contributed by atoms with Crippen molar-refractivity contribution in [3.63, 3.8) is 0 Å². The minimum absolute atomic E-state index is 0.0966. The Morgan fingerprint density at radius 1 is 1.30 bits per heavy atom. The van der Waals surface area contributed by atoms with Gasteiger partial charge in [-0.05, 0) is 31.5 Å². The van der Waals surface area contributed by atoms with Gasteiger partial charge < -0.3 is 19.5 Å². The molecule has 6 nitrogen and oxygen atoms in total. The summed E-state index contributed by atoms with van der Waals surface area (Å²) in [6.45, 7) is 5.41. The molecule has 1 aromatic carbocycles.